The molecule has 2 amide bonds. The van der Waals surface area contributed by atoms with Crippen LogP contribution in [0.25, 0.3) is 10.2 Å². The first-order chi connectivity index (χ1) is 9.45. The number of hydrogen-bond acceptors (Lipinski definition) is 5. The third kappa shape index (κ3) is 3.56. The van der Waals surface area contributed by atoms with Crippen LogP contribution < -0.4 is 10.6 Å². The Morgan fingerprint density at radius 1 is 1.45 bits per heavy atom. The molecular formula is C11H10ClN3O4S. The molecule has 0 aliphatic rings. The Hall–Kier alpha value is -1.90. The van der Waals surface area contributed by atoms with Crippen molar-refractivity contribution in [1.82, 2.24) is 10.3 Å². The number of nitrogens with zero attached hydrogens (tertiary/aromatic N) is 1. The number of urea groups is 1. The van der Waals surface area contributed by atoms with Crippen molar-refractivity contribution < 1.29 is 19.8 Å². The maximum Gasteiger partial charge on any atom is 0.334 e. The van der Waals surface area contributed by atoms with Gasteiger partial charge >= 0.3 is 12.0 Å². The second kappa shape index (κ2) is 6.04. The number of aromatic nitrogens is 1. The minimum atomic E-state index is -1.64. The summed E-state index contributed by atoms with van der Waals surface area (Å²) in [5.41, 5.74) is 0.695. The molecule has 0 fully saturated rings. The van der Waals surface area contributed by atoms with Crippen LogP contribution in [0.5, 0.6) is 0 Å². The zero-order valence-electron chi connectivity index (χ0n) is 9.96. The molecule has 0 saturated heterocycles. The van der Waals surface area contributed by atoms with Gasteiger partial charge in [0, 0.05) is 5.02 Å². The van der Waals surface area contributed by atoms with Crippen LogP contribution in [0.2, 0.25) is 5.02 Å². The van der Waals surface area contributed by atoms with Gasteiger partial charge < -0.3 is 15.5 Å². The van der Waals surface area contributed by atoms with Crippen molar-refractivity contribution in [1.29, 1.82) is 0 Å². The SMILES string of the molecule is O=C(NC[C@H](O)C(=O)O)Nc1nc2ccc(Cl)cc2s1. The van der Waals surface area contributed by atoms with Crippen molar-refractivity contribution in [3.8, 4) is 0 Å². The van der Waals surface area contributed by atoms with Crippen LogP contribution in [0.3, 0.4) is 0 Å². The summed E-state index contributed by atoms with van der Waals surface area (Å²) in [4.78, 5) is 26.0. The van der Waals surface area contributed by atoms with E-state index >= 15 is 0 Å². The van der Waals surface area contributed by atoms with Crippen molar-refractivity contribution in [3.05, 3.63) is 23.2 Å². The fourth-order valence-electron chi connectivity index (χ4n) is 1.37. The van der Waals surface area contributed by atoms with Crippen molar-refractivity contribution in [2.45, 2.75) is 6.10 Å². The maximum atomic E-state index is 11.5. The number of benzene rings is 1. The standard InChI is InChI=1S/C11H10ClN3O4S/c12-5-1-2-6-8(3-5)20-11(14-6)15-10(19)13-4-7(16)9(17)18/h1-3,7,16H,4H2,(H,17,18)(H2,13,14,15,19)/t7-/m0/s1. The number of halogens is 1. The molecule has 1 atom stereocenters. The summed E-state index contributed by atoms with van der Waals surface area (Å²) in [5, 5.41) is 23.1. The molecule has 0 bridgehead atoms. The Kier molecular flexibility index (Phi) is 4.38. The summed E-state index contributed by atoms with van der Waals surface area (Å²) in [6.45, 7) is -0.391. The van der Waals surface area contributed by atoms with Gasteiger partial charge in [-0.1, -0.05) is 22.9 Å². The number of fused-ring (bicyclic) bond motifs is 1. The average Bonchev–Trinajstić information content (AvgIpc) is 2.76. The molecule has 9 heteroatoms. The summed E-state index contributed by atoms with van der Waals surface area (Å²) in [6, 6.07) is 4.50. The minimum absolute atomic E-state index is 0.351. The monoisotopic (exact) mass is 315 g/mol. The first kappa shape index (κ1) is 14.5. The Bertz CT molecular complexity index is 660. The number of rotatable bonds is 4. The Balaban J connectivity index is 1.97. The number of carboxylic acid groups (broad SMARTS) is 1. The van der Waals surface area contributed by atoms with E-state index in [1.807, 2.05) is 0 Å². The first-order valence-corrected chi connectivity index (χ1v) is 6.67. The maximum absolute atomic E-state index is 11.5. The largest absolute Gasteiger partial charge is 0.479 e. The van der Waals surface area contributed by atoms with Gasteiger partial charge in [0.2, 0.25) is 0 Å². The van der Waals surface area contributed by atoms with Gasteiger partial charge in [-0.25, -0.2) is 14.6 Å². The van der Waals surface area contributed by atoms with E-state index in [1.54, 1.807) is 18.2 Å². The van der Waals surface area contributed by atoms with Gasteiger partial charge in [0.25, 0.3) is 0 Å². The molecule has 0 aliphatic carbocycles. The Morgan fingerprint density at radius 2 is 2.20 bits per heavy atom. The molecule has 7 nitrogen and oxygen atoms in total. The topological polar surface area (TPSA) is 112 Å². The number of thiazole rings is 1. The molecule has 106 valence electrons. The van der Waals surface area contributed by atoms with Crippen LogP contribution in [-0.2, 0) is 4.79 Å². The van der Waals surface area contributed by atoms with Crippen LogP contribution in [0.4, 0.5) is 9.93 Å². The molecule has 1 aromatic carbocycles. The van der Waals surface area contributed by atoms with E-state index in [9.17, 15) is 9.59 Å². The molecule has 1 heterocycles. The number of carbonyl (C=O) groups is 2. The van der Waals surface area contributed by atoms with Gasteiger partial charge in [-0.15, -0.1) is 0 Å². The number of aliphatic hydroxyl groups excluding tert-OH is 1. The Morgan fingerprint density at radius 3 is 2.90 bits per heavy atom. The highest BCUT2D eigenvalue weighted by Crippen LogP contribution is 2.28. The fraction of sp³-hybridized carbons (Fsp3) is 0.182. The predicted octanol–water partition coefficient (Wildman–Crippen LogP) is 1.52. The average molecular weight is 316 g/mol. The zero-order chi connectivity index (χ0) is 14.7. The van der Waals surface area contributed by atoms with Gasteiger partial charge in [0.05, 0.1) is 16.8 Å². The first-order valence-electron chi connectivity index (χ1n) is 5.47. The Labute approximate surface area is 122 Å². The van der Waals surface area contributed by atoms with Crippen LogP contribution >= 0.6 is 22.9 Å². The van der Waals surface area contributed by atoms with Crippen molar-refractivity contribution in [3.63, 3.8) is 0 Å². The highest BCUT2D eigenvalue weighted by molar-refractivity contribution is 7.22. The number of aliphatic hydroxyl groups is 1. The molecule has 1 aromatic heterocycles. The van der Waals surface area contributed by atoms with Gasteiger partial charge in [-0.2, -0.15) is 0 Å². The normalized spacial score (nSPS) is 12.1. The molecule has 2 aromatic rings. The molecule has 0 unspecified atom stereocenters. The van der Waals surface area contributed by atoms with Crippen LogP contribution in [0, 0.1) is 0 Å². The van der Waals surface area contributed by atoms with Gasteiger partial charge in [-0.3, -0.25) is 5.32 Å². The summed E-state index contributed by atoms with van der Waals surface area (Å²) in [6.07, 6.45) is -1.64. The fourth-order valence-corrected chi connectivity index (χ4v) is 2.51. The third-order valence-electron chi connectivity index (χ3n) is 2.31. The lowest BCUT2D eigenvalue weighted by Crippen LogP contribution is -2.38. The number of carbonyl (C=O) groups excluding carboxylic acids is 1. The van der Waals surface area contributed by atoms with Gasteiger partial charge in [-0.05, 0) is 18.2 Å². The second-order valence-corrected chi connectivity index (χ2v) is 5.29. The molecule has 0 spiro atoms. The number of nitrogens with one attached hydrogen (secondary N) is 2. The van der Waals surface area contributed by atoms with E-state index in [1.165, 1.54) is 11.3 Å². The van der Waals surface area contributed by atoms with Gasteiger partial charge in [0.15, 0.2) is 11.2 Å². The van der Waals surface area contributed by atoms with Crippen LogP contribution in [-0.4, -0.2) is 39.8 Å². The van der Waals surface area contributed by atoms with E-state index in [4.69, 9.17) is 21.8 Å². The molecule has 0 aliphatic heterocycles. The number of hydrogen-bond donors (Lipinski definition) is 4. The van der Waals surface area contributed by atoms with E-state index in [0.29, 0.717) is 15.7 Å². The molecule has 0 saturated carbocycles. The number of carboxylic acids is 1. The smallest absolute Gasteiger partial charge is 0.334 e. The predicted molar refractivity (Wildman–Crippen MR) is 75.3 cm³/mol. The summed E-state index contributed by atoms with van der Waals surface area (Å²) >= 11 is 7.08. The quantitative estimate of drug-likeness (QED) is 0.683. The molecular weight excluding hydrogens is 306 g/mol. The lowest BCUT2D eigenvalue weighted by molar-refractivity contribution is -0.146. The van der Waals surface area contributed by atoms with Crippen molar-refractivity contribution >= 4 is 50.3 Å². The van der Waals surface area contributed by atoms with E-state index in [2.05, 4.69) is 15.6 Å². The summed E-state index contributed by atoms with van der Waals surface area (Å²) in [5.74, 6) is -1.40. The van der Waals surface area contributed by atoms with E-state index in [-0.39, 0.29) is 0 Å². The van der Waals surface area contributed by atoms with Crippen molar-refractivity contribution in [2.24, 2.45) is 0 Å². The van der Waals surface area contributed by atoms with Crippen LogP contribution in [0.1, 0.15) is 0 Å². The highest BCUT2D eigenvalue weighted by atomic mass is 35.5. The molecule has 0 radical (unpaired) electrons. The minimum Gasteiger partial charge on any atom is -0.479 e. The second-order valence-electron chi connectivity index (χ2n) is 3.82. The molecule has 2 rings (SSSR count). The molecule has 20 heavy (non-hydrogen) atoms. The summed E-state index contributed by atoms with van der Waals surface area (Å²) in [7, 11) is 0. The van der Waals surface area contributed by atoms with E-state index < -0.39 is 24.6 Å². The zero-order valence-corrected chi connectivity index (χ0v) is 11.5. The number of aliphatic carboxylic acids is 1. The lowest BCUT2D eigenvalue weighted by Gasteiger charge is -2.07. The highest BCUT2D eigenvalue weighted by Gasteiger charge is 2.14. The number of anilines is 1. The number of amides is 2. The lowest BCUT2D eigenvalue weighted by atomic mass is 10.3. The third-order valence-corrected chi connectivity index (χ3v) is 3.48. The molecule has 4 N–H and O–H groups in total. The van der Waals surface area contributed by atoms with Crippen LogP contribution in [0.15, 0.2) is 18.2 Å². The van der Waals surface area contributed by atoms with Crippen molar-refractivity contribution in [2.75, 3.05) is 11.9 Å². The van der Waals surface area contributed by atoms with Gasteiger partial charge in [0.1, 0.15) is 0 Å². The summed E-state index contributed by atoms with van der Waals surface area (Å²) < 4.78 is 0.818. The van der Waals surface area contributed by atoms with E-state index in [0.717, 1.165) is 4.70 Å².